The first kappa shape index (κ1) is 4.50. The number of carboxylic acids is 1. The largest absolute Gasteiger partial charge is 0.480 e. The number of hydrogen-bond donors (Lipinski definition) is 2. The maximum absolute atomic E-state index is 10.4. The number of aliphatic carboxylic acids is 1. The predicted molar refractivity (Wildman–Crippen MR) is 37.8 cm³/mol. The predicted octanol–water partition coefficient (Wildman–Crippen LogP) is -0.705. The van der Waals surface area contributed by atoms with Gasteiger partial charge in [0, 0.05) is 12.3 Å². The average molecular weight is 158 g/mol. The third-order valence-corrected chi connectivity index (χ3v) is 1.10. The Balaban J connectivity index is 2.87. The molecule has 1 atom stereocenters. The molecule has 0 aliphatic carbocycles. The van der Waals surface area contributed by atoms with Crippen LogP contribution in [0, 0.1) is 0 Å². The van der Waals surface area contributed by atoms with Crippen molar-refractivity contribution in [1.29, 1.82) is 0 Å². The standard InChI is InChI=1S/C6H9N3O2/c7-5(6(10)11)4-9-3-1-2-8-9/h1-3,5H,4,7H2,(H,10,11)/t5-/m0/s1/i1D,2D,3D. The fraction of sp³-hybridized carbons (Fsp3) is 0.333. The van der Waals surface area contributed by atoms with E-state index in [4.69, 9.17) is 15.0 Å². The van der Waals surface area contributed by atoms with Gasteiger partial charge in [0.2, 0.25) is 0 Å². The van der Waals surface area contributed by atoms with Crippen molar-refractivity contribution in [3.05, 3.63) is 18.4 Å². The second kappa shape index (κ2) is 3.16. The van der Waals surface area contributed by atoms with Gasteiger partial charge in [-0.25, -0.2) is 0 Å². The summed E-state index contributed by atoms with van der Waals surface area (Å²) in [4.78, 5) is 10.4. The van der Waals surface area contributed by atoms with E-state index in [2.05, 4.69) is 5.10 Å². The highest BCUT2D eigenvalue weighted by Gasteiger charge is 2.11. The van der Waals surface area contributed by atoms with Crippen LogP contribution >= 0.6 is 0 Å². The molecule has 1 aromatic rings. The summed E-state index contributed by atoms with van der Waals surface area (Å²) in [6.07, 6.45) is -0.653. The van der Waals surface area contributed by atoms with Crippen molar-refractivity contribution in [2.75, 3.05) is 0 Å². The smallest absolute Gasteiger partial charge is 0.322 e. The van der Waals surface area contributed by atoms with Gasteiger partial charge in [-0.15, -0.1) is 0 Å². The first-order chi connectivity index (χ1) is 6.43. The maximum Gasteiger partial charge on any atom is 0.322 e. The maximum atomic E-state index is 10.4. The number of nitrogens with two attached hydrogens (primary N) is 1. The van der Waals surface area contributed by atoms with Crippen molar-refractivity contribution in [2.24, 2.45) is 5.73 Å². The molecular formula is C6H9N3O2. The Morgan fingerprint density at radius 1 is 2.00 bits per heavy atom. The number of nitrogens with zero attached hydrogens (tertiary/aromatic N) is 2. The van der Waals surface area contributed by atoms with Crippen molar-refractivity contribution in [2.45, 2.75) is 12.6 Å². The lowest BCUT2D eigenvalue weighted by molar-refractivity contribution is -0.138. The fourth-order valence-corrected chi connectivity index (χ4v) is 0.551. The van der Waals surface area contributed by atoms with Crippen LogP contribution in [0.4, 0.5) is 0 Å². The first-order valence-electron chi connectivity index (χ1n) is 4.42. The third kappa shape index (κ3) is 2.05. The number of carbonyl (C=O) groups is 1. The van der Waals surface area contributed by atoms with Crippen LogP contribution in [0.5, 0.6) is 0 Å². The van der Waals surface area contributed by atoms with Gasteiger partial charge in [0.1, 0.15) is 6.04 Å². The summed E-state index contributed by atoms with van der Waals surface area (Å²) in [6.45, 7) is -0.209. The summed E-state index contributed by atoms with van der Waals surface area (Å²) in [6, 6.07) is -1.51. The summed E-state index contributed by atoms with van der Waals surface area (Å²) in [5.41, 5.74) is 5.21. The summed E-state index contributed by atoms with van der Waals surface area (Å²) in [7, 11) is 0. The van der Waals surface area contributed by atoms with Crippen LogP contribution in [0.2, 0.25) is 0 Å². The monoisotopic (exact) mass is 158 g/mol. The van der Waals surface area contributed by atoms with Gasteiger partial charge in [-0.3, -0.25) is 9.48 Å². The van der Waals surface area contributed by atoms with E-state index < -0.39 is 12.0 Å². The van der Waals surface area contributed by atoms with E-state index in [1.165, 1.54) is 0 Å². The van der Waals surface area contributed by atoms with Crippen molar-refractivity contribution in [3.8, 4) is 0 Å². The Bertz CT molecular complexity index is 365. The topological polar surface area (TPSA) is 81.1 Å². The fourth-order valence-electron chi connectivity index (χ4n) is 0.551. The molecule has 0 aliphatic heterocycles. The van der Waals surface area contributed by atoms with E-state index in [-0.39, 0.29) is 24.9 Å². The lowest BCUT2D eigenvalue weighted by Gasteiger charge is -2.04. The molecular weight excluding hydrogens is 146 g/mol. The zero-order valence-electron chi connectivity index (χ0n) is 8.61. The van der Waals surface area contributed by atoms with Crippen molar-refractivity contribution in [3.63, 3.8) is 0 Å². The average Bonchev–Trinajstić information content (AvgIpc) is 2.33. The Morgan fingerprint density at radius 2 is 2.73 bits per heavy atom. The van der Waals surface area contributed by atoms with Gasteiger partial charge in [-0.1, -0.05) is 0 Å². The van der Waals surface area contributed by atoms with Gasteiger partial charge in [0.15, 0.2) is 0 Å². The van der Waals surface area contributed by atoms with Gasteiger partial charge in [0.05, 0.1) is 10.7 Å². The Morgan fingerprint density at radius 3 is 3.18 bits per heavy atom. The van der Waals surface area contributed by atoms with Gasteiger partial charge < -0.3 is 10.8 Å². The Labute approximate surface area is 67.6 Å². The highest BCUT2D eigenvalue weighted by atomic mass is 16.4. The molecule has 0 amide bonds. The molecule has 1 heterocycles. The van der Waals surface area contributed by atoms with Crippen LogP contribution in [0.15, 0.2) is 18.4 Å². The minimum Gasteiger partial charge on any atom is -0.480 e. The van der Waals surface area contributed by atoms with E-state index in [0.717, 1.165) is 4.68 Å². The summed E-state index contributed by atoms with van der Waals surface area (Å²) < 4.78 is 22.5. The molecule has 3 N–H and O–H groups in total. The normalized spacial score (nSPS) is 16.6. The van der Waals surface area contributed by atoms with Gasteiger partial charge in [-0.2, -0.15) is 5.10 Å². The zero-order valence-corrected chi connectivity index (χ0v) is 5.61. The third-order valence-electron chi connectivity index (χ3n) is 1.10. The molecule has 0 radical (unpaired) electrons. The highest BCUT2D eigenvalue weighted by Crippen LogP contribution is 1.87. The number of hydrogen-bond acceptors (Lipinski definition) is 3. The summed E-state index contributed by atoms with van der Waals surface area (Å²) in [5, 5.41) is 12.0. The Hall–Kier alpha value is -1.36. The molecule has 5 nitrogen and oxygen atoms in total. The second-order valence-corrected chi connectivity index (χ2v) is 1.98. The van der Waals surface area contributed by atoms with Crippen LogP contribution < -0.4 is 5.73 Å². The molecule has 5 heteroatoms. The van der Waals surface area contributed by atoms with Crippen LogP contribution in [-0.2, 0) is 11.3 Å². The SMILES string of the molecule is [2H]c1nn(C[C@H](N)C(=O)O)c([2H])c1[2H]. The molecule has 0 aliphatic rings. The number of carboxylic acid groups (broad SMARTS) is 1. The second-order valence-electron chi connectivity index (χ2n) is 1.98. The molecule has 0 saturated heterocycles. The van der Waals surface area contributed by atoms with E-state index in [1.54, 1.807) is 0 Å². The van der Waals surface area contributed by atoms with E-state index in [0.29, 0.717) is 0 Å². The molecule has 0 spiro atoms. The van der Waals surface area contributed by atoms with Crippen molar-refractivity contribution in [1.82, 2.24) is 9.78 Å². The number of rotatable bonds is 3. The summed E-state index contributed by atoms with van der Waals surface area (Å²) >= 11 is 0. The molecule has 11 heavy (non-hydrogen) atoms. The first-order valence-corrected chi connectivity index (χ1v) is 2.92. The minimum atomic E-state index is -1.21. The van der Waals surface area contributed by atoms with Gasteiger partial charge in [-0.05, 0) is 6.04 Å². The quantitative estimate of drug-likeness (QED) is 0.609. The summed E-state index contributed by atoms with van der Waals surface area (Å²) in [5.74, 6) is -1.21. The van der Waals surface area contributed by atoms with Crippen LogP contribution in [0.1, 0.15) is 4.11 Å². The molecule has 0 aromatic carbocycles. The minimum absolute atomic E-state index is 0.209. The molecule has 1 aromatic heterocycles. The highest BCUT2D eigenvalue weighted by molar-refractivity contribution is 5.72. The molecule has 1 rings (SSSR count). The molecule has 0 unspecified atom stereocenters. The number of aromatic nitrogens is 2. The molecule has 0 fully saturated rings. The van der Waals surface area contributed by atoms with Gasteiger partial charge in [0.25, 0.3) is 0 Å². The van der Waals surface area contributed by atoms with E-state index in [9.17, 15) is 4.79 Å². The van der Waals surface area contributed by atoms with Crippen molar-refractivity contribution < 1.29 is 14.0 Å². The molecule has 60 valence electrons. The van der Waals surface area contributed by atoms with Crippen LogP contribution in [0.3, 0.4) is 0 Å². The van der Waals surface area contributed by atoms with Crippen LogP contribution in [-0.4, -0.2) is 26.9 Å². The van der Waals surface area contributed by atoms with E-state index >= 15 is 0 Å². The van der Waals surface area contributed by atoms with Crippen LogP contribution in [0.25, 0.3) is 0 Å². The lowest BCUT2D eigenvalue weighted by atomic mass is 10.3. The van der Waals surface area contributed by atoms with E-state index in [1.807, 2.05) is 0 Å². The molecule has 0 saturated carbocycles. The lowest BCUT2D eigenvalue weighted by Crippen LogP contribution is -2.34. The van der Waals surface area contributed by atoms with Crippen molar-refractivity contribution >= 4 is 5.97 Å². The Kier molecular flexibility index (Phi) is 1.29. The molecule has 0 bridgehead atoms. The van der Waals surface area contributed by atoms with Gasteiger partial charge >= 0.3 is 5.97 Å². The zero-order chi connectivity index (χ0) is 10.9.